The second-order valence-electron chi connectivity index (χ2n) is 7.15. The molecule has 2 aromatic rings. The van der Waals surface area contributed by atoms with Crippen molar-refractivity contribution < 1.29 is 0 Å². The van der Waals surface area contributed by atoms with E-state index in [1.807, 2.05) is 0 Å². The van der Waals surface area contributed by atoms with Gasteiger partial charge in [0.1, 0.15) is 0 Å². The van der Waals surface area contributed by atoms with Crippen molar-refractivity contribution in [1.82, 2.24) is 0 Å². The van der Waals surface area contributed by atoms with E-state index in [1.165, 1.54) is 55.2 Å². The van der Waals surface area contributed by atoms with Gasteiger partial charge in [0.2, 0.25) is 0 Å². The van der Waals surface area contributed by atoms with Gasteiger partial charge in [-0.25, -0.2) is 0 Å². The predicted molar refractivity (Wildman–Crippen MR) is 95.4 cm³/mol. The molecule has 0 amide bonds. The van der Waals surface area contributed by atoms with Gasteiger partial charge in [-0.15, -0.1) is 0 Å². The molecule has 1 saturated carbocycles. The first-order chi connectivity index (χ1) is 10.7. The molecule has 0 heteroatoms. The zero-order chi connectivity index (χ0) is 15.4. The second kappa shape index (κ2) is 7.13. The maximum atomic E-state index is 2.34. The molecule has 0 bridgehead atoms. The molecule has 0 heterocycles. The van der Waals surface area contributed by atoms with Crippen LogP contribution in [0.25, 0.3) is 0 Å². The van der Waals surface area contributed by atoms with Crippen LogP contribution in [0.2, 0.25) is 0 Å². The third-order valence-corrected chi connectivity index (χ3v) is 5.36. The number of benzene rings is 2. The summed E-state index contributed by atoms with van der Waals surface area (Å²) in [5.74, 6) is 1.74. The summed E-state index contributed by atoms with van der Waals surface area (Å²) in [7, 11) is 0. The van der Waals surface area contributed by atoms with Gasteiger partial charge >= 0.3 is 0 Å². The average Bonchev–Trinajstić information content (AvgIpc) is 2.56. The lowest BCUT2D eigenvalue weighted by Gasteiger charge is -2.29. The van der Waals surface area contributed by atoms with Crippen molar-refractivity contribution in [3.63, 3.8) is 0 Å². The highest BCUT2D eigenvalue weighted by atomic mass is 14.3. The standard InChI is InChI=1S/C22H28/c1-17-3-7-19(8-4-17)9-10-20-11-15-22(16-12-20)21-13-5-18(2)6-14-21/h3-8,13-14,20,22H,9-12,15-16H2,1-2H3. The molecule has 0 nitrogen and oxygen atoms in total. The summed E-state index contributed by atoms with van der Waals surface area (Å²) >= 11 is 0. The topological polar surface area (TPSA) is 0 Å². The molecule has 22 heavy (non-hydrogen) atoms. The van der Waals surface area contributed by atoms with Crippen molar-refractivity contribution >= 4 is 0 Å². The van der Waals surface area contributed by atoms with Crippen LogP contribution in [-0.2, 0) is 6.42 Å². The lowest BCUT2D eigenvalue weighted by atomic mass is 9.77. The highest BCUT2D eigenvalue weighted by Gasteiger charge is 2.22. The van der Waals surface area contributed by atoms with Crippen LogP contribution in [0.15, 0.2) is 48.5 Å². The van der Waals surface area contributed by atoms with Crippen molar-refractivity contribution in [2.45, 2.75) is 58.3 Å². The first-order valence-electron chi connectivity index (χ1n) is 8.83. The molecule has 0 atom stereocenters. The number of hydrogen-bond acceptors (Lipinski definition) is 0. The average molecular weight is 292 g/mol. The summed E-state index contributed by atoms with van der Waals surface area (Å²) in [6, 6.07) is 18.3. The van der Waals surface area contributed by atoms with E-state index in [0.29, 0.717) is 0 Å². The molecule has 1 aliphatic rings. The van der Waals surface area contributed by atoms with E-state index in [0.717, 1.165) is 11.8 Å². The highest BCUT2D eigenvalue weighted by molar-refractivity contribution is 5.25. The van der Waals surface area contributed by atoms with E-state index in [4.69, 9.17) is 0 Å². The molecule has 0 unspecified atom stereocenters. The lowest BCUT2D eigenvalue weighted by molar-refractivity contribution is 0.310. The Balaban J connectivity index is 1.47. The Labute approximate surface area is 135 Å². The normalized spacial score (nSPS) is 21.7. The first kappa shape index (κ1) is 15.3. The van der Waals surface area contributed by atoms with Gasteiger partial charge in [0.25, 0.3) is 0 Å². The van der Waals surface area contributed by atoms with E-state index in [1.54, 1.807) is 5.56 Å². The summed E-state index contributed by atoms with van der Waals surface area (Å²) in [5.41, 5.74) is 5.80. The second-order valence-corrected chi connectivity index (χ2v) is 7.15. The SMILES string of the molecule is Cc1ccc(CCC2CCC(c3ccc(C)cc3)CC2)cc1. The van der Waals surface area contributed by atoms with Crippen molar-refractivity contribution in [2.24, 2.45) is 5.92 Å². The van der Waals surface area contributed by atoms with Gasteiger partial charge in [-0.1, -0.05) is 59.7 Å². The van der Waals surface area contributed by atoms with Crippen LogP contribution in [0.1, 0.15) is 60.3 Å². The molecule has 2 aromatic carbocycles. The molecule has 0 spiro atoms. The molecule has 3 rings (SSSR count). The minimum absolute atomic E-state index is 0.802. The van der Waals surface area contributed by atoms with Crippen molar-refractivity contribution in [2.75, 3.05) is 0 Å². The summed E-state index contributed by atoms with van der Waals surface area (Å²) in [6.45, 7) is 4.34. The van der Waals surface area contributed by atoms with Crippen LogP contribution in [0, 0.1) is 19.8 Å². The molecule has 0 aromatic heterocycles. The van der Waals surface area contributed by atoms with Crippen molar-refractivity contribution in [3.05, 3.63) is 70.8 Å². The smallest absolute Gasteiger partial charge is 0.0162 e. The molecule has 0 N–H and O–H groups in total. The third kappa shape index (κ3) is 4.00. The maximum Gasteiger partial charge on any atom is -0.0162 e. The van der Waals surface area contributed by atoms with E-state index in [2.05, 4.69) is 62.4 Å². The lowest BCUT2D eigenvalue weighted by Crippen LogP contribution is -2.14. The number of aryl methyl sites for hydroxylation is 3. The Hall–Kier alpha value is -1.56. The molecule has 116 valence electrons. The van der Waals surface area contributed by atoms with E-state index in [-0.39, 0.29) is 0 Å². The van der Waals surface area contributed by atoms with Crippen LogP contribution >= 0.6 is 0 Å². The van der Waals surface area contributed by atoms with E-state index in [9.17, 15) is 0 Å². The Morgan fingerprint density at radius 3 is 1.86 bits per heavy atom. The molecular formula is C22H28. The van der Waals surface area contributed by atoms with Gasteiger partial charge in [0.05, 0.1) is 0 Å². The molecule has 1 fully saturated rings. The number of hydrogen-bond donors (Lipinski definition) is 0. The van der Waals surface area contributed by atoms with Crippen LogP contribution in [-0.4, -0.2) is 0 Å². The van der Waals surface area contributed by atoms with Crippen LogP contribution in [0.5, 0.6) is 0 Å². The first-order valence-corrected chi connectivity index (χ1v) is 8.83. The molecule has 0 aliphatic heterocycles. The maximum absolute atomic E-state index is 2.34. The van der Waals surface area contributed by atoms with E-state index < -0.39 is 0 Å². The molecule has 1 aliphatic carbocycles. The van der Waals surface area contributed by atoms with Gasteiger partial charge in [-0.05, 0) is 75.3 Å². The zero-order valence-corrected chi connectivity index (χ0v) is 14.0. The summed E-state index contributed by atoms with van der Waals surface area (Å²) < 4.78 is 0. The predicted octanol–water partition coefficient (Wildman–Crippen LogP) is 6.21. The van der Waals surface area contributed by atoms with Crippen molar-refractivity contribution in [3.8, 4) is 0 Å². The summed E-state index contributed by atoms with van der Waals surface area (Å²) in [5, 5.41) is 0. The monoisotopic (exact) mass is 292 g/mol. The Kier molecular flexibility index (Phi) is 4.97. The largest absolute Gasteiger partial charge is 0.0591 e. The van der Waals surface area contributed by atoms with E-state index >= 15 is 0 Å². The molecule has 0 saturated heterocycles. The fraction of sp³-hybridized carbons (Fsp3) is 0.455. The fourth-order valence-electron chi connectivity index (χ4n) is 3.75. The molecular weight excluding hydrogens is 264 g/mol. The Morgan fingerprint density at radius 2 is 1.27 bits per heavy atom. The van der Waals surface area contributed by atoms with Gasteiger partial charge in [-0.3, -0.25) is 0 Å². The Morgan fingerprint density at radius 1 is 0.727 bits per heavy atom. The van der Waals surface area contributed by atoms with Crippen LogP contribution in [0.3, 0.4) is 0 Å². The van der Waals surface area contributed by atoms with Gasteiger partial charge in [0, 0.05) is 0 Å². The van der Waals surface area contributed by atoms with Crippen molar-refractivity contribution in [1.29, 1.82) is 0 Å². The van der Waals surface area contributed by atoms with Crippen LogP contribution in [0.4, 0.5) is 0 Å². The van der Waals surface area contributed by atoms with Crippen LogP contribution < -0.4 is 0 Å². The highest BCUT2D eigenvalue weighted by Crippen LogP contribution is 2.37. The van der Waals surface area contributed by atoms with Gasteiger partial charge < -0.3 is 0 Å². The number of rotatable bonds is 4. The minimum Gasteiger partial charge on any atom is -0.0591 e. The Bertz CT molecular complexity index is 568. The molecule has 0 radical (unpaired) electrons. The minimum atomic E-state index is 0.802. The van der Waals surface area contributed by atoms with Gasteiger partial charge in [-0.2, -0.15) is 0 Å². The third-order valence-electron chi connectivity index (χ3n) is 5.36. The van der Waals surface area contributed by atoms with Gasteiger partial charge in [0.15, 0.2) is 0 Å². The fourth-order valence-corrected chi connectivity index (χ4v) is 3.75. The quantitative estimate of drug-likeness (QED) is 0.628. The summed E-state index contributed by atoms with van der Waals surface area (Å²) in [4.78, 5) is 0. The zero-order valence-electron chi connectivity index (χ0n) is 14.0. The summed E-state index contributed by atoms with van der Waals surface area (Å²) in [6.07, 6.45) is 8.18.